The number of benzene rings is 2. The number of aryl methyl sites for hydroxylation is 1. The quantitative estimate of drug-likeness (QED) is 0.544. The zero-order chi connectivity index (χ0) is 21.4. The maximum absolute atomic E-state index is 12.7. The maximum Gasteiger partial charge on any atom is 0.241 e. The predicted molar refractivity (Wildman–Crippen MR) is 121 cm³/mol. The molecule has 0 aliphatic heterocycles. The van der Waals surface area contributed by atoms with Gasteiger partial charge in [0.15, 0.2) is 0 Å². The van der Waals surface area contributed by atoms with Gasteiger partial charge in [0.2, 0.25) is 15.9 Å². The number of halogens is 2. The molecule has 2 N–H and O–H groups in total. The van der Waals surface area contributed by atoms with Crippen molar-refractivity contribution in [3.05, 3.63) is 63.6 Å². The standard InChI is InChI=1S/C20H24Cl2N2O3S2/c1-14-5-3-4-6-15(14)9-11-23-20(25)19(10-12-28-2)24-29(26,27)16-7-8-17(21)18(22)13-16/h3-8,13,19,24H,9-12H2,1-2H3,(H,23,25). The molecule has 158 valence electrons. The fourth-order valence-electron chi connectivity index (χ4n) is 2.71. The summed E-state index contributed by atoms with van der Waals surface area (Å²) in [5.41, 5.74) is 2.30. The third-order valence-corrected chi connectivity index (χ3v) is 7.23. The summed E-state index contributed by atoms with van der Waals surface area (Å²) in [5, 5.41) is 3.24. The molecule has 0 radical (unpaired) electrons. The molecular weight excluding hydrogens is 451 g/mol. The Morgan fingerprint density at radius 1 is 1.14 bits per heavy atom. The molecule has 9 heteroatoms. The van der Waals surface area contributed by atoms with Crippen LogP contribution in [0.2, 0.25) is 10.0 Å². The number of thioether (sulfide) groups is 1. The smallest absolute Gasteiger partial charge is 0.241 e. The number of amides is 1. The van der Waals surface area contributed by atoms with E-state index in [1.54, 1.807) is 11.8 Å². The molecule has 1 unspecified atom stereocenters. The van der Waals surface area contributed by atoms with E-state index in [0.29, 0.717) is 25.1 Å². The van der Waals surface area contributed by atoms with Crippen molar-refractivity contribution in [3.63, 3.8) is 0 Å². The van der Waals surface area contributed by atoms with Gasteiger partial charge >= 0.3 is 0 Å². The van der Waals surface area contributed by atoms with Gasteiger partial charge in [-0.2, -0.15) is 16.5 Å². The Bertz CT molecular complexity index is 952. The van der Waals surface area contributed by atoms with Gasteiger partial charge in [0.05, 0.1) is 14.9 Å². The lowest BCUT2D eigenvalue weighted by molar-refractivity contribution is -0.122. The number of carbonyl (C=O) groups excluding carboxylic acids is 1. The molecule has 0 bridgehead atoms. The normalized spacial score (nSPS) is 12.6. The Labute approximate surface area is 186 Å². The number of hydrogen-bond acceptors (Lipinski definition) is 4. The molecule has 0 heterocycles. The summed E-state index contributed by atoms with van der Waals surface area (Å²) in [5.74, 6) is 0.288. The van der Waals surface area contributed by atoms with Crippen LogP contribution in [0.25, 0.3) is 0 Å². The van der Waals surface area contributed by atoms with Gasteiger partial charge in [-0.05, 0) is 61.1 Å². The van der Waals surface area contributed by atoms with Crippen LogP contribution in [0.15, 0.2) is 47.4 Å². The Morgan fingerprint density at radius 2 is 1.86 bits per heavy atom. The van der Waals surface area contributed by atoms with Gasteiger partial charge < -0.3 is 5.32 Å². The van der Waals surface area contributed by atoms with E-state index >= 15 is 0 Å². The SMILES string of the molecule is CSCCC(NS(=O)(=O)c1ccc(Cl)c(Cl)c1)C(=O)NCCc1ccccc1C. The fourth-order valence-corrected chi connectivity index (χ4v) is 4.80. The van der Waals surface area contributed by atoms with Gasteiger partial charge in [-0.3, -0.25) is 4.79 Å². The van der Waals surface area contributed by atoms with Gasteiger partial charge in [-0.25, -0.2) is 8.42 Å². The number of sulfonamides is 1. The van der Waals surface area contributed by atoms with Crippen LogP contribution in [0.1, 0.15) is 17.5 Å². The molecule has 0 fully saturated rings. The van der Waals surface area contributed by atoms with E-state index in [0.717, 1.165) is 11.1 Å². The van der Waals surface area contributed by atoms with Crippen molar-refractivity contribution in [3.8, 4) is 0 Å². The second-order valence-electron chi connectivity index (χ2n) is 6.50. The lowest BCUT2D eigenvalue weighted by Crippen LogP contribution is -2.47. The molecule has 1 atom stereocenters. The summed E-state index contributed by atoms with van der Waals surface area (Å²) < 4.78 is 27.9. The largest absolute Gasteiger partial charge is 0.354 e. The minimum Gasteiger partial charge on any atom is -0.354 e. The molecule has 1 amide bonds. The topological polar surface area (TPSA) is 75.3 Å². The molecule has 5 nitrogen and oxygen atoms in total. The first-order valence-corrected chi connectivity index (χ1v) is 12.7. The van der Waals surface area contributed by atoms with Crippen molar-refractivity contribution in [2.45, 2.75) is 30.7 Å². The molecule has 2 aromatic rings. The van der Waals surface area contributed by atoms with Crippen molar-refractivity contribution in [2.75, 3.05) is 18.6 Å². The third-order valence-electron chi connectivity index (χ3n) is 4.38. The Morgan fingerprint density at radius 3 is 2.52 bits per heavy atom. The van der Waals surface area contributed by atoms with E-state index in [-0.39, 0.29) is 20.8 Å². The molecule has 0 aromatic heterocycles. The molecule has 2 aromatic carbocycles. The monoisotopic (exact) mass is 474 g/mol. The van der Waals surface area contributed by atoms with Gasteiger partial charge in [-0.15, -0.1) is 0 Å². The fraction of sp³-hybridized carbons (Fsp3) is 0.350. The first kappa shape index (κ1) is 24.0. The Balaban J connectivity index is 2.06. The molecule has 0 aliphatic rings. The highest BCUT2D eigenvalue weighted by Gasteiger charge is 2.25. The van der Waals surface area contributed by atoms with Crippen LogP contribution in [-0.2, 0) is 21.2 Å². The van der Waals surface area contributed by atoms with Crippen LogP contribution in [0.5, 0.6) is 0 Å². The van der Waals surface area contributed by atoms with Crippen molar-refractivity contribution >= 4 is 50.9 Å². The molecule has 2 rings (SSSR count). The van der Waals surface area contributed by atoms with Crippen LogP contribution in [0.3, 0.4) is 0 Å². The van der Waals surface area contributed by atoms with Crippen molar-refractivity contribution in [1.82, 2.24) is 10.0 Å². The zero-order valence-corrected chi connectivity index (χ0v) is 19.4. The average molecular weight is 475 g/mol. The lowest BCUT2D eigenvalue weighted by atomic mass is 10.1. The number of hydrogen-bond donors (Lipinski definition) is 2. The third kappa shape index (κ3) is 7.19. The van der Waals surface area contributed by atoms with Crippen molar-refractivity contribution in [2.24, 2.45) is 0 Å². The van der Waals surface area contributed by atoms with Gasteiger partial charge in [0.25, 0.3) is 0 Å². The molecule has 0 aliphatic carbocycles. The number of carbonyl (C=O) groups is 1. The van der Waals surface area contributed by atoms with E-state index in [9.17, 15) is 13.2 Å². The summed E-state index contributed by atoms with van der Waals surface area (Å²) in [6, 6.07) is 11.1. The van der Waals surface area contributed by atoms with Gasteiger partial charge in [0.1, 0.15) is 6.04 Å². The molecule has 29 heavy (non-hydrogen) atoms. The van der Waals surface area contributed by atoms with Crippen LogP contribution < -0.4 is 10.0 Å². The zero-order valence-electron chi connectivity index (χ0n) is 16.2. The molecule has 0 spiro atoms. The molecular formula is C20H24Cl2N2O3S2. The molecule has 0 saturated heterocycles. The van der Waals surface area contributed by atoms with Crippen molar-refractivity contribution in [1.29, 1.82) is 0 Å². The summed E-state index contributed by atoms with van der Waals surface area (Å²) in [6.07, 6.45) is 2.95. The summed E-state index contributed by atoms with van der Waals surface area (Å²) in [7, 11) is -3.92. The van der Waals surface area contributed by atoms with E-state index < -0.39 is 16.1 Å². The maximum atomic E-state index is 12.7. The van der Waals surface area contributed by atoms with Gasteiger partial charge in [0, 0.05) is 6.54 Å². The minimum atomic E-state index is -3.92. The van der Waals surface area contributed by atoms with Gasteiger partial charge in [-0.1, -0.05) is 47.5 Å². The van der Waals surface area contributed by atoms with Crippen LogP contribution in [0.4, 0.5) is 0 Å². The highest BCUT2D eigenvalue weighted by molar-refractivity contribution is 7.98. The number of rotatable bonds is 10. The average Bonchev–Trinajstić information content (AvgIpc) is 2.68. The summed E-state index contributed by atoms with van der Waals surface area (Å²) in [4.78, 5) is 12.6. The van der Waals surface area contributed by atoms with Crippen molar-refractivity contribution < 1.29 is 13.2 Å². The predicted octanol–water partition coefficient (Wildman–Crippen LogP) is 4.06. The summed E-state index contributed by atoms with van der Waals surface area (Å²) >= 11 is 13.3. The second kappa shape index (κ2) is 11.2. The second-order valence-corrected chi connectivity index (χ2v) is 10.0. The lowest BCUT2D eigenvalue weighted by Gasteiger charge is -2.18. The van der Waals surface area contributed by atoms with E-state index in [1.165, 1.54) is 18.2 Å². The van der Waals surface area contributed by atoms with Crippen LogP contribution in [0, 0.1) is 6.92 Å². The Kier molecular flexibility index (Phi) is 9.30. The van der Waals surface area contributed by atoms with E-state index in [1.807, 2.05) is 37.4 Å². The summed E-state index contributed by atoms with van der Waals surface area (Å²) in [6.45, 7) is 2.44. The van der Waals surface area contributed by atoms with E-state index in [4.69, 9.17) is 23.2 Å². The van der Waals surface area contributed by atoms with E-state index in [2.05, 4.69) is 10.0 Å². The first-order chi connectivity index (χ1) is 13.7. The number of nitrogens with one attached hydrogen (secondary N) is 2. The highest BCUT2D eigenvalue weighted by atomic mass is 35.5. The molecule has 0 saturated carbocycles. The first-order valence-electron chi connectivity index (χ1n) is 9.03. The van der Waals surface area contributed by atoms with Crippen LogP contribution >= 0.6 is 35.0 Å². The minimum absolute atomic E-state index is 0.0336. The Hall–Kier alpha value is -1.25. The highest BCUT2D eigenvalue weighted by Crippen LogP contribution is 2.25. The van der Waals surface area contributed by atoms with Crippen LogP contribution in [-0.4, -0.2) is 38.9 Å².